The van der Waals surface area contributed by atoms with Crippen molar-refractivity contribution in [3.8, 4) is 0 Å². The van der Waals surface area contributed by atoms with Crippen LogP contribution in [0.4, 0.5) is 0 Å². The monoisotopic (exact) mass is 209 g/mol. The number of hydrogen-bond acceptors (Lipinski definition) is 5. The van der Waals surface area contributed by atoms with Crippen LogP contribution in [0.3, 0.4) is 0 Å². The Morgan fingerprint density at radius 1 is 1.40 bits per heavy atom. The molecule has 1 aliphatic rings. The molecule has 6 heteroatoms. The summed E-state index contributed by atoms with van der Waals surface area (Å²) in [6, 6.07) is 0. The van der Waals surface area contributed by atoms with Crippen LogP contribution in [0, 0.1) is 17.7 Å². The second-order valence-corrected chi connectivity index (χ2v) is 4.09. The molecule has 1 heterocycles. The van der Waals surface area contributed by atoms with Crippen molar-refractivity contribution in [2.24, 2.45) is 11.1 Å². The van der Waals surface area contributed by atoms with Crippen molar-refractivity contribution in [3.05, 3.63) is 10.7 Å². The fourth-order valence-electron chi connectivity index (χ4n) is 2.25. The molecule has 6 nitrogen and oxygen atoms in total. The summed E-state index contributed by atoms with van der Waals surface area (Å²) < 4.78 is 1.54. The summed E-state index contributed by atoms with van der Waals surface area (Å²) in [6.07, 6.45) is 5.30. The fourth-order valence-corrected chi connectivity index (χ4v) is 2.25. The molecule has 0 spiro atoms. The highest BCUT2D eigenvalue weighted by Gasteiger charge is 2.27. The van der Waals surface area contributed by atoms with Crippen molar-refractivity contribution in [1.29, 1.82) is 0 Å². The molecule has 1 unspecified atom stereocenters. The van der Waals surface area contributed by atoms with E-state index in [0.717, 1.165) is 12.8 Å². The van der Waals surface area contributed by atoms with E-state index in [9.17, 15) is 4.91 Å². The average molecular weight is 209 g/mol. The van der Waals surface area contributed by atoms with Gasteiger partial charge in [0.05, 0.1) is 0 Å². The molecular formula is C9H15N5O. The summed E-state index contributed by atoms with van der Waals surface area (Å²) in [5, 5.41) is 14.3. The van der Waals surface area contributed by atoms with Gasteiger partial charge in [0.1, 0.15) is 0 Å². The molecule has 82 valence electrons. The highest BCUT2D eigenvalue weighted by molar-refractivity contribution is 4.83. The van der Waals surface area contributed by atoms with E-state index in [2.05, 4.69) is 20.7 Å². The first kappa shape index (κ1) is 10.2. The van der Waals surface area contributed by atoms with Gasteiger partial charge >= 0.3 is 0 Å². The van der Waals surface area contributed by atoms with E-state index in [-0.39, 0.29) is 0 Å². The third-order valence-electron chi connectivity index (χ3n) is 3.09. The lowest BCUT2D eigenvalue weighted by Gasteiger charge is -2.25. The van der Waals surface area contributed by atoms with Crippen LogP contribution in [0.5, 0.6) is 0 Å². The molecule has 1 aromatic heterocycles. The molecule has 15 heavy (non-hydrogen) atoms. The molecule has 0 aromatic carbocycles. The first-order chi connectivity index (χ1) is 7.33. The molecule has 0 radical (unpaired) electrons. The Bertz CT molecular complexity index is 331. The zero-order chi connectivity index (χ0) is 10.7. The fraction of sp³-hybridized carbons (Fsp3) is 0.889. The summed E-state index contributed by atoms with van der Waals surface area (Å²) in [5.74, 6) is 0.962. The Morgan fingerprint density at radius 2 is 2.13 bits per heavy atom. The first-order valence-electron chi connectivity index (χ1n) is 5.40. The quantitative estimate of drug-likeness (QED) is 0.712. The lowest BCUT2D eigenvalue weighted by molar-refractivity contribution is 0.235. The van der Waals surface area contributed by atoms with Crippen LogP contribution in [-0.4, -0.2) is 20.2 Å². The molecule has 0 bridgehead atoms. The van der Waals surface area contributed by atoms with Crippen molar-refractivity contribution in [2.75, 3.05) is 0 Å². The van der Waals surface area contributed by atoms with Gasteiger partial charge < -0.3 is 0 Å². The standard InChI is InChI=1S/C9H15N5O/c1-7-10-12-13-14(7)9(11-15)8-5-3-2-4-6-8/h8-9H,2-6H2,1H3. The summed E-state index contributed by atoms with van der Waals surface area (Å²) in [6.45, 7) is 1.79. The zero-order valence-corrected chi connectivity index (χ0v) is 8.83. The lowest BCUT2D eigenvalue weighted by atomic mass is 9.87. The summed E-state index contributed by atoms with van der Waals surface area (Å²) in [5.41, 5.74) is 0. The largest absolute Gasteiger partial charge is 0.201 e. The predicted molar refractivity (Wildman–Crippen MR) is 54.0 cm³/mol. The molecule has 0 N–H and O–H groups in total. The Morgan fingerprint density at radius 3 is 2.67 bits per heavy atom. The number of aromatic nitrogens is 4. The maximum Gasteiger partial charge on any atom is 0.189 e. The molecule has 0 aliphatic heterocycles. The third kappa shape index (κ3) is 2.03. The van der Waals surface area contributed by atoms with E-state index in [1.165, 1.54) is 19.3 Å². The lowest BCUT2D eigenvalue weighted by Crippen LogP contribution is -2.22. The highest BCUT2D eigenvalue weighted by Crippen LogP contribution is 2.33. The van der Waals surface area contributed by atoms with Gasteiger partial charge in [0.25, 0.3) is 0 Å². The molecule has 1 aliphatic carbocycles. The van der Waals surface area contributed by atoms with E-state index >= 15 is 0 Å². The van der Waals surface area contributed by atoms with Crippen molar-refractivity contribution in [3.63, 3.8) is 0 Å². The van der Waals surface area contributed by atoms with Gasteiger partial charge in [-0.05, 0) is 35.4 Å². The van der Waals surface area contributed by atoms with Gasteiger partial charge in [0.15, 0.2) is 12.0 Å². The minimum Gasteiger partial charge on any atom is -0.201 e. The Hall–Kier alpha value is -1.33. The van der Waals surface area contributed by atoms with Crippen LogP contribution in [0.15, 0.2) is 5.18 Å². The number of rotatable bonds is 3. The average Bonchev–Trinajstić information content (AvgIpc) is 2.68. The summed E-state index contributed by atoms with van der Waals surface area (Å²) in [4.78, 5) is 10.9. The van der Waals surface area contributed by atoms with E-state index < -0.39 is 6.17 Å². The Kier molecular flexibility index (Phi) is 3.03. The van der Waals surface area contributed by atoms with E-state index in [1.54, 1.807) is 11.6 Å². The van der Waals surface area contributed by atoms with Crippen molar-refractivity contribution >= 4 is 0 Å². The molecule has 1 aromatic rings. The number of nitroso groups, excluding NO2 is 1. The van der Waals surface area contributed by atoms with Crippen LogP contribution < -0.4 is 0 Å². The minimum absolute atomic E-state index is 0.304. The van der Waals surface area contributed by atoms with Gasteiger partial charge in [-0.25, -0.2) is 4.68 Å². The van der Waals surface area contributed by atoms with Crippen LogP contribution in [-0.2, 0) is 0 Å². The second-order valence-electron chi connectivity index (χ2n) is 4.09. The smallest absolute Gasteiger partial charge is 0.189 e. The van der Waals surface area contributed by atoms with Crippen LogP contribution in [0.25, 0.3) is 0 Å². The van der Waals surface area contributed by atoms with Crippen molar-refractivity contribution in [2.45, 2.75) is 45.2 Å². The number of nitrogens with zero attached hydrogens (tertiary/aromatic N) is 5. The molecule has 0 amide bonds. The van der Waals surface area contributed by atoms with Gasteiger partial charge in [-0.15, -0.1) is 10.0 Å². The summed E-state index contributed by atoms with van der Waals surface area (Å²) in [7, 11) is 0. The van der Waals surface area contributed by atoms with Gasteiger partial charge in [0.2, 0.25) is 0 Å². The van der Waals surface area contributed by atoms with Crippen LogP contribution in [0.2, 0.25) is 0 Å². The predicted octanol–water partition coefficient (Wildman–Crippen LogP) is 1.83. The molecule has 0 saturated heterocycles. The summed E-state index contributed by atoms with van der Waals surface area (Å²) >= 11 is 0. The van der Waals surface area contributed by atoms with Crippen molar-refractivity contribution < 1.29 is 0 Å². The zero-order valence-electron chi connectivity index (χ0n) is 8.83. The molecular weight excluding hydrogens is 194 g/mol. The van der Waals surface area contributed by atoms with Crippen molar-refractivity contribution in [1.82, 2.24) is 20.2 Å². The normalized spacial score (nSPS) is 20.1. The maximum absolute atomic E-state index is 10.9. The third-order valence-corrected chi connectivity index (χ3v) is 3.09. The minimum atomic E-state index is -0.416. The molecule has 2 rings (SSSR count). The topological polar surface area (TPSA) is 73.0 Å². The second kappa shape index (κ2) is 4.46. The van der Waals surface area contributed by atoms with Gasteiger partial charge in [0, 0.05) is 5.92 Å². The maximum atomic E-state index is 10.9. The van der Waals surface area contributed by atoms with Gasteiger partial charge in [-0.2, -0.15) is 0 Å². The molecule has 1 saturated carbocycles. The Balaban J connectivity index is 2.16. The SMILES string of the molecule is Cc1nnnn1C(N=O)C1CCCCC1. The van der Waals surface area contributed by atoms with Crippen LogP contribution in [0.1, 0.15) is 44.1 Å². The van der Waals surface area contributed by atoms with E-state index in [0.29, 0.717) is 11.7 Å². The number of aryl methyl sites for hydroxylation is 1. The molecule has 1 fully saturated rings. The first-order valence-corrected chi connectivity index (χ1v) is 5.40. The van der Waals surface area contributed by atoms with Gasteiger partial charge in [-0.1, -0.05) is 19.3 Å². The van der Waals surface area contributed by atoms with E-state index in [4.69, 9.17) is 0 Å². The number of tetrazole rings is 1. The van der Waals surface area contributed by atoms with Gasteiger partial charge in [-0.3, -0.25) is 0 Å². The Labute approximate surface area is 88.0 Å². The van der Waals surface area contributed by atoms with Crippen LogP contribution >= 0.6 is 0 Å². The van der Waals surface area contributed by atoms with E-state index in [1.807, 2.05) is 0 Å². The number of hydrogen-bond donors (Lipinski definition) is 0. The molecule has 1 atom stereocenters. The highest BCUT2D eigenvalue weighted by atomic mass is 16.3.